The third-order valence-electron chi connectivity index (χ3n) is 2.92. The van der Waals surface area contributed by atoms with E-state index in [1.54, 1.807) is 29.5 Å². The highest BCUT2D eigenvalue weighted by molar-refractivity contribution is 7.11. The molecular formula is C15H19N3O2S. The Balaban J connectivity index is 1.98. The molecule has 0 radical (unpaired) electrons. The van der Waals surface area contributed by atoms with E-state index in [0.29, 0.717) is 30.2 Å². The van der Waals surface area contributed by atoms with Gasteiger partial charge in [0.2, 0.25) is 0 Å². The summed E-state index contributed by atoms with van der Waals surface area (Å²) in [6, 6.07) is 5.04. The first kappa shape index (κ1) is 15.3. The number of nitrogen functional groups attached to an aromatic ring is 1. The van der Waals surface area contributed by atoms with Crippen molar-refractivity contribution in [2.75, 3.05) is 12.3 Å². The van der Waals surface area contributed by atoms with Gasteiger partial charge in [-0.15, -0.1) is 11.3 Å². The van der Waals surface area contributed by atoms with Gasteiger partial charge >= 0.3 is 0 Å². The van der Waals surface area contributed by atoms with Crippen LogP contribution in [0.1, 0.15) is 34.1 Å². The van der Waals surface area contributed by atoms with Gasteiger partial charge in [0.15, 0.2) is 0 Å². The van der Waals surface area contributed by atoms with Gasteiger partial charge in [-0.05, 0) is 31.5 Å². The molecule has 21 heavy (non-hydrogen) atoms. The number of anilines is 1. The zero-order valence-electron chi connectivity index (χ0n) is 12.2. The van der Waals surface area contributed by atoms with Crippen molar-refractivity contribution in [2.45, 2.75) is 26.8 Å². The molecule has 0 unspecified atom stereocenters. The summed E-state index contributed by atoms with van der Waals surface area (Å²) in [6.45, 7) is 4.94. The van der Waals surface area contributed by atoms with E-state index in [0.717, 1.165) is 11.4 Å². The molecule has 0 saturated carbocycles. The number of rotatable bonds is 6. The number of nitrogens with zero attached hydrogens (tertiary/aromatic N) is 1. The molecule has 3 N–H and O–H groups in total. The number of hydrogen-bond acceptors (Lipinski definition) is 5. The number of carbonyl (C=O) groups is 1. The number of nitrogens with two attached hydrogens (primary N) is 1. The Kier molecular flexibility index (Phi) is 5.16. The molecule has 1 heterocycles. The van der Waals surface area contributed by atoms with Crippen molar-refractivity contribution < 1.29 is 9.53 Å². The predicted octanol–water partition coefficient (Wildman–Crippen LogP) is 2.62. The fourth-order valence-electron chi connectivity index (χ4n) is 1.83. The zero-order chi connectivity index (χ0) is 15.2. The highest BCUT2D eigenvalue weighted by Gasteiger charge is 2.09. The lowest BCUT2D eigenvalue weighted by Gasteiger charge is -2.08. The summed E-state index contributed by atoms with van der Waals surface area (Å²) in [5, 5.41) is 3.75. The summed E-state index contributed by atoms with van der Waals surface area (Å²) in [5.41, 5.74) is 6.84. The van der Waals surface area contributed by atoms with Crippen molar-refractivity contribution >= 4 is 22.9 Å². The Labute approximate surface area is 128 Å². The Morgan fingerprint density at radius 1 is 1.43 bits per heavy atom. The lowest BCUT2D eigenvalue weighted by Crippen LogP contribution is -2.22. The standard InChI is InChI=1S/C15H19N3O2S/c1-3-11-8-17-14(21-11)9-18-15(19)10-5-6-13(20-4-2)12(16)7-10/h5-8H,3-4,9,16H2,1-2H3,(H,18,19). The van der Waals surface area contributed by atoms with Crippen molar-refractivity contribution in [3.63, 3.8) is 0 Å². The molecule has 1 aromatic heterocycles. The fraction of sp³-hybridized carbons (Fsp3) is 0.333. The van der Waals surface area contributed by atoms with E-state index in [-0.39, 0.29) is 5.91 Å². The minimum absolute atomic E-state index is 0.169. The number of carbonyl (C=O) groups excluding carboxylic acids is 1. The van der Waals surface area contributed by atoms with Gasteiger partial charge in [-0.1, -0.05) is 6.92 Å². The second-order valence-electron chi connectivity index (χ2n) is 4.44. The Morgan fingerprint density at radius 3 is 2.86 bits per heavy atom. The zero-order valence-corrected chi connectivity index (χ0v) is 13.0. The summed E-state index contributed by atoms with van der Waals surface area (Å²) in [6.07, 6.45) is 2.81. The Bertz CT molecular complexity index is 625. The van der Waals surface area contributed by atoms with Crippen molar-refractivity contribution in [3.05, 3.63) is 39.8 Å². The lowest BCUT2D eigenvalue weighted by atomic mass is 10.2. The molecule has 0 aliphatic heterocycles. The molecule has 1 amide bonds. The van der Waals surface area contributed by atoms with Crippen LogP contribution >= 0.6 is 11.3 Å². The van der Waals surface area contributed by atoms with E-state index in [1.807, 2.05) is 13.1 Å². The van der Waals surface area contributed by atoms with Gasteiger partial charge < -0.3 is 15.8 Å². The van der Waals surface area contributed by atoms with Crippen LogP contribution in [0.4, 0.5) is 5.69 Å². The number of hydrogen-bond donors (Lipinski definition) is 2. The molecule has 0 aliphatic rings. The van der Waals surface area contributed by atoms with Crippen LogP contribution < -0.4 is 15.8 Å². The van der Waals surface area contributed by atoms with Crippen molar-refractivity contribution in [2.24, 2.45) is 0 Å². The first-order valence-corrected chi connectivity index (χ1v) is 7.69. The topological polar surface area (TPSA) is 77.2 Å². The monoisotopic (exact) mass is 305 g/mol. The van der Waals surface area contributed by atoms with Crippen LogP contribution in [0.2, 0.25) is 0 Å². The maximum atomic E-state index is 12.1. The van der Waals surface area contributed by atoms with E-state index in [4.69, 9.17) is 10.5 Å². The molecule has 0 atom stereocenters. The van der Waals surface area contributed by atoms with Gasteiger partial charge in [0.25, 0.3) is 5.91 Å². The number of benzene rings is 1. The number of nitrogens with one attached hydrogen (secondary N) is 1. The van der Waals surface area contributed by atoms with Gasteiger partial charge in [-0.25, -0.2) is 4.98 Å². The first-order valence-electron chi connectivity index (χ1n) is 6.88. The molecule has 5 nitrogen and oxygen atoms in total. The summed E-state index contributed by atoms with van der Waals surface area (Å²) < 4.78 is 5.35. The van der Waals surface area contributed by atoms with Gasteiger partial charge in [0.1, 0.15) is 10.8 Å². The van der Waals surface area contributed by atoms with Crippen molar-refractivity contribution in [3.8, 4) is 5.75 Å². The minimum Gasteiger partial charge on any atom is -0.492 e. The molecule has 0 fully saturated rings. The van der Waals surface area contributed by atoms with Gasteiger partial charge in [-0.3, -0.25) is 4.79 Å². The highest BCUT2D eigenvalue weighted by Crippen LogP contribution is 2.22. The van der Waals surface area contributed by atoms with E-state index < -0.39 is 0 Å². The quantitative estimate of drug-likeness (QED) is 0.804. The van der Waals surface area contributed by atoms with Crippen LogP contribution in [0.3, 0.4) is 0 Å². The van der Waals surface area contributed by atoms with Crippen LogP contribution in [0, 0.1) is 0 Å². The Morgan fingerprint density at radius 2 is 2.24 bits per heavy atom. The second kappa shape index (κ2) is 7.08. The van der Waals surface area contributed by atoms with E-state index in [9.17, 15) is 4.79 Å². The molecule has 2 rings (SSSR count). The van der Waals surface area contributed by atoms with Gasteiger partial charge in [0, 0.05) is 16.6 Å². The molecule has 112 valence electrons. The smallest absolute Gasteiger partial charge is 0.251 e. The second-order valence-corrected chi connectivity index (χ2v) is 5.64. The van der Waals surface area contributed by atoms with Gasteiger partial charge in [0.05, 0.1) is 18.8 Å². The van der Waals surface area contributed by atoms with E-state index >= 15 is 0 Å². The van der Waals surface area contributed by atoms with Crippen LogP contribution in [-0.2, 0) is 13.0 Å². The predicted molar refractivity (Wildman–Crippen MR) is 84.7 cm³/mol. The largest absolute Gasteiger partial charge is 0.492 e. The van der Waals surface area contributed by atoms with Crippen LogP contribution in [0.15, 0.2) is 24.4 Å². The summed E-state index contributed by atoms with van der Waals surface area (Å²) in [7, 11) is 0. The lowest BCUT2D eigenvalue weighted by molar-refractivity contribution is 0.0951. The maximum absolute atomic E-state index is 12.1. The first-order chi connectivity index (χ1) is 10.1. The molecule has 0 spiro atoms. The molecule has 0 saturated heterocycles. The van der Waals surface area contributed by atoms with Gasteiger partial charge in [-0.2, -0.15) is 0 Å². The highest BCUT2D eigenvalue weighted by atomic mass is 32.1. The molecule has 0 bridgehead atoms. The van der Waals surface area contributed by atoms with Crippen LogP contribution in [0.5, 0.6) is 5.75 Å². The molecule has 1 aromatic carbocycles. The molecule has 2 aromatic rings. The average Bonchev–Trinajstić information content (AvgIpc) is 2.95. The summed E-state index contributed by atoms with van der Waals surface area (Å²) in [5.74, 6) is 0.430. The number of aromatic nitrogens is 1. The number of aryl methyl sites for hydroxylation is 1. The average molecular weight is 305 g/mol. The number of thiazole rings is 1. The van der Waals surface area contributed by atoms with E-state index in [1.165, 1.54) is 4.88 Å². The minimum atomic E-state index is -0.169. The fourth-order valence-corrected chi connectivity index (χ4v) is 2.63. The van der Waals surface area contributed by atoms with Crippen LogP contribution in [0.25, 0.3) is 0 Å². The number of ether oxygens (including phenoxy) is 1. The molecule has 0 aliphatic carbocycles. The summed E-state index contributed by atoms with van der Waals surface area (Å²) >= 11 is 1.61. The van der Waals surface area contributed by atoms with Crippen LogP contribution in [-0.4, -0.2) is 17.5 Å². The van der Waals surface area contributed by atoms with Crippen molar-refractivity contribution in [1.82, 2.24) is 10.3 Å². The number of amides is 1. The normalized spacial score (nSPS) is 10.4. The third kappa shape index (κ3) is 3.95. The van der Waals surface area contributed by atoms with Crippen molar-refractivity contribution in [1.29, 1.82) is 0 Å². The molecular weight excluding hydrogens is 286 g/mol. The summed E-state index contributed by atoms with van der Waals surface area (Å²) in [4.78, 5) is 17.6. The maximum Gasteiger partial charge on any atom is 0.251 e. The third-order valence-corrected chi connectivity index (χ3v) is 4.06. The SMILES string of the molecule is CCOc1ccc(C(=O)NCc2ncc(CC)s2)cc1N. The van der Waals surface area contributed by atoms with E-state index in [2.05, 4.69) is 17.2 Å². The molecule has 6 heteroatoms. The Hall–Kier alpha value is -2.08.